The second-order valence-electron chi connectivity index (χ2n) is 7.37. The van der Waals surface area contributed by atoms with Crippen molar-refractivity contribution >= 4 is 50.7 Å². The van der Waals surface area contributed by atoms with Gasteiger partial charge in [0.15, 0.2) is 5.16 Å². The van der Waals surface area contributed by atoms with Crippen LogP contribution < -0.4 is 15.8 Å². The number of aromatic nitrogens is 2. The predicted octanol–water partition coefficient (Wildman–Crippen LogP) is 4.53. The number of thiophene rings is 1. The monoisotopic (exact) mass is 428 g/mol. The highest BCUT2D eigenvalue weighted by molar-refractivity contribution is 8.00. The number of aryl methyl sites for hydroxylation is 1. The summed E-state index contributed by atoms with van der Waals surface area (Å²) in [5.74, 6) is 1.69. The summed E-state index contributed by atoms with van der Waals surface area (Å²) in [6.45, 7) is 4.12. The summed E-state index contributed by atoms with van der Waals surface area (Å²) in [5.41, 5.74) is 8.26. The minimum atomic E-state index is -0.383. The fourth-order valence-electron chi connectivity index (χ4n) is 3.60. The van der Waals surface area contributed by atoms with Crippen LogP contribution in [0.4, 0.5) is 11.5 Å². The number of methoxy groups -OCH3 is 1. The van der Waals surface area contributed by atoms with Crippen LogP contribution in [-0.2, 0) is 17.6 Å². The Hall–Kier alpha value is -2.32. The highest BCUT2D eigenvalue weighted by atomic mass is 32.2. The first kappa shape index (κ1) is 20.0. The molecule has 0 radical (unpaired) electrons. The van der Waals surface area contributed by atoms with Crippen molar-refractivity contribution in [1.29, 1.82) is 0 Å². The van der Waals surface area contributed by atoms with Gasteiger partial charge in [0.2, 0.25) is 5.91 Å². The highest BCUT2D eigenvalue weighted by Crippen LogP contribution is 2.40. The largest absolute Gasteiger partial charge is 0.495 e. The Morgan fingerprint density at radius 1 is 1.38 bits per heavy atom. The molecule has 29 heavy (non-hydrogen) atoms. The third-order valence-electron chi connectivity index (χ3n) is 5.18. The lowest BCUT2D eigenvalue weighted by molar-refractivity contribution is -0.115. The molecule has 152 valence electrons. The fourth-order valence-corrected chi connectivity index (χ4v) is 5.82. The van der Waals surface area contributed by atoms with E-state index in [2.05, 4.69) is 17.2 Å². The van der Waals surface area contributed by atoms with Crippen molar-refractivity contribution in [2.24, 2.45) is 5.92 Å². The van der Waals surface area contributed by atoms with E-state index in [1.165, 1.54) is 28.6 Å². The SMILES string of the molecule is COc1ccccc1NC(=O)C(C)Sc1nc(N)c2c3c(sc2n1)CC(C)CC3. The molecule has 0 bridgehead atoms. The summed E-state index contributed by atoms with van der Waals surface area (Å²) in [7, 11) is 1.58. The summed E-state index contributed by atoms with van der Waals surface area (Å²) >= 11 is 3.02. The molecule has 2 aromatic heterocycles. The van der Waals surface area contributed by atoms with Gasteiger partial charge in [-0.3, -0.25) is 4.79 Å². The van der Waals surface area contributed by atoms with E-state index in [9.17, 15) is 4.79 Å². The van der Waals surface area contributed by atoms with E-state index in [4.69, 9.17) is 15.5 Å². The van der Waals surface area contributed by atoms with Crippen LogP contribution in [0, 0.1) is 5.92 Å². The smallest absolute Gasteiger partial charge is 0.237 e. The molecule has 1 aromatic carbocycles. The van der Waals surface area contributed by atoms with Crippen molar-refractivity contribution in [2.75, 3.05) is 18.2 Å². The van der Waals surface area contributed by atoms with Crippen molar-refractivity contribution in [3.8, 4) is 5.75 Å². The van der Waals surface area contributed by atoms with Crippen molar-refractivity contribution < 1.29 is 9.53 Å². The fraction of sp³-hybridized carbons (Fsp3) is 0.381. The normalized spacial score (nSPS) is 17.0. The molecule has 2 atom stereocenters. The molecule has 0 saturated carbocycles. The molecule has 0 spiro atoms. The van der Waals surface area contributed by atoms with Gasteiger partial charge in [0, 0.05) is 4.88 Å². The quantitative estimate of drug-likeness (QED) is 0.458. The van der Waals surface area contributed by atoms with Crippen molar-refractivity contribution in [3.05, 3.63) is 34.7 Å². The van der Waals surface area contributed by atoms with Crippen LogP contribution in [0.3, 0.4) is 0 Å². The lowest BCUT2D eigenvalue weighted by atomic mass is 9.89. The number of benzene rings is 1. The van der Waals surface area contributed by atoms with E-state index in [-0.39, 0.29) is 11.2 Å². The third kappa shape index (κ3) is 4.04. The van der Waals surface area contributed by atoms with Crippen LogP contribution in [0.5, 0.6) is 5.75 Å². The maximum Gasteiger partial charge on any atom is 0.237 e. The zero-order valence-corrected chi connectivity index (χ0v) is 18.3. The number of carbonyl (C=O) groups excluding carboxylic acids is 1. The van der Waals surface area contributed by atoms with E-state index in [0.717, 1.165) is 23.1 Å². The molecule has 0 aliphatic heterocycles. The molecule has 2 heterocycles. The number of ether oxygens (including phenoxy) is 1. The van der Waals surface area contributed by atoms with Crippen LogP contribution in [0.1, 0.15) is 30.7 Å². The molecule has 4 rings (SSSR count). The molecule has 1 aliphatic rings. The number of rotatable bonds is 5. The number of hydrogen-bond donors (Lipinski definition) is 2. The number of amides is 1. The van der Waals surface area contributed by atoms with E-state index in [1.54, 1.807) is 18.4 Å². The van der Waals surface area contributed by atoms with E-state index in [1.807, 2.05) is 31.2 Å². The topological polar surface area (TPSA) is 90.1 Å². The number of nitrogens with two attached hydrogens (primary N) is 1. The average molecular weight is 429 g/mol. The van der Waals surface area contributed by atoms with Crippen molar-refractivity contribution in [2.45, 2.75) is 43.5 Å². The van der Waals surface area contributed by atoms with Crippen molar-refractivity contribution in [3.63, 3.8) is 0 Å². The molecule has 0 fully saturated rings. The average Bonchev–Trinajstić information content (AvgIpc) is 3.05. The Balaban J connectivity index is 1.53. The molecule has 6 nitrogen and oxygen atoms in total. The van der Waals surface area contributed by atoms with E-state index >= 15 is 0 Å². The summed E-state index contributed by atoms with van der Waals surface area (Å²) < 4.78 is 5.29. The molecule has 3 N–H and O–H groups in total. The lowest BCUT2D eigenvalue weighted by Gasteiger charge is -2.17. The standard InChI is InChI=1S/C21H24N4O2S2/c1-11-8-9-13-16(10-11)29-20-17(13)18(22)24-21(25-20)28-12(2)19(26)23-14-6-4-5-7-15(14)27-3/h4-7,11-12H,8-10H2,1-3H3,(H,23,26)(H2,22,24,25). The first-order valence-corrected chi connectivity index (χ1v) is 11.3. The zero-order valence-electron chi connectivity index (χ0n) is 16.7. The van der Waals surface area contributed by atoms with Gasteiger partial charge in [-0.1, -0.05) is 30.8 Å². The van der Waals surface area contributed by atoms with Crippen LogP contribution >= 0.6 is 23.1 Å². The van der Waals surface area contributed by atoms with Crippen molar-refractivity contribution in [1.82, 2.24) is 9.97 Å². The van der Waals surface area contributed by atoms with Gasteiger partial charge in [0.05, 0.1) is 23.4 Å². The lowest BCUT2D eigenvalue weighted by Crippen LogP contribution is -2.23. The van der Waals surface area contributed by atoms with Gasteiger partial charge in [-0.15, -0.1) is 11.3 Å². The summed E-state index contributed by atoms with van der Waals surface area (Å²) in [4.78, 5) is 24.2. The second kappa shape index (κ2) is 8.20. The van der Waals surface area contributed by atoms with Crippen LogP contribution in [0.25, 0.3) is 10.2 Å². The molecule has 3 aromatic rings. The predicted molar refractivity (Wildman–Crippen MR) is 120 cm³/mol. The second-order valence-corrected chi connectivity index (χ2v) is 9.76. The molecular weight excluding hydrogens is 404 g/mol. The molecular formula is C21H24N4O2S2. The summed E-state index contributed by atoms with van der Waals surface area (Å²) in [6.07, 6.45) is 3.29. The Labute approximate surface area is 178 Å². The number of anilines is 2. The Kier molecular flexibility index (Phi) is 5.65. The van der Waals surface area contributed by atoms with Crippen LogP contribution in [0.15, 0.2) is 29.4 Å². The molecule has 8 heteroatoms. The summed E-state index contributed by atoms with van der Waals surface area (Å²) in [6, 6.07) is 7.34. The Morgan fingerprint density at radius 3 is 2.97 bits per heavy atom. The number of thioether (sulfide) groups is 1. The maximum absolute atomic E-state index is 12.7. The number of fused-ring (bicyclic) bond motifs is 3. The third-order valence-corrected chi connectivity index (χ3v) is 7.29. The van der Waals surface area contributed by atoms with E-state index < -0.39 is 0 Å². The first-order chi connectivity index (χ1) is 14.0. The Morgan fingerprint density at radius 2 is 2.17 bits per heavy atom. The van der Waals surface area contributed by atoms with Gasteiger partial charge in [0.1, 0.15) is 16.4 Å². The Bertz CT molecular complexity index is 1070. The van der Waals surface area contributed by atoms with Gasteiger partial charge in [-0.2, -0.15) is 0 Å². The van der Waals surface area contributed by atoms with Gasteiger partial charge in [0.25, 0.3) is 0 Å². The molecule has 0 saturated heterocycles. The van der Waals surface area contributed by atoms with Gasteiger partial charge >= 0.3 is 0 Å². The van der Waals surface area contributed by atoms with Crippen LogP contribution in [0.2, 0.25) is 0 Å². The zero-order chi connectivity index (χ0) is 20.5. The number of hydrogen-bond acceptors (Lipinski definition) is 7. The minimum absolute atomic E-state index is 0.138. The number of para-hydroxylation sites is 2. The number of nitrogens with one attached hydrogen (secondary N) is 1. The van der Waals surface area contributed by atoms with E-state index in [0.29, 0.717) is 28.3 Å². The number of nitrogens with zero attached hydrogens (tertiary/aromatic N) is 2. The van der Waals surface area contributed by atoms with Gasteiger partial charge < -0.3 is 15.8 Å². The van der Waals surface area contributed by atoms with Crippen LogP contribution in [-0.4, -0.2) is 28.2 Å². The maximum atomic E-state index is 12.7. The molecule has 1 aliphatic carbocycles. The highest BCUT2D eigenvalue weighted by Gasteiger charge is 2.24. The molecule has 1 amide bonds. The number of nitrogen functional groups attached to an aromatic ring is 1. The minimum Gasteiger partial charge on any atom is -0.495 e. The summed E-state index contributed by atoms with van der Waals surface area (Å²) in [5, 5.41) is 4.06. The first-order valence-electron chi connectivity index (χ1n) is 9.64. The van der Waals surface area contributed by atoms with Gasteiger partial charge in [-0.25, -0.2) is 9.97 Å². The number of carbonyl (C=O) groups is 1. The van der Waals surface area contributed by atoms with Gasteiger partial charge in [-0.05, 0) is 49.8 Å². The molecule has 2 unspecified atom stereocenters.